The molecule has 162 valence electrons. The standard InChI is InChI=1S/C23H31N3O4/c1-25(13-18-6-4-3-5-7-18)15-20(27)17-30-22-12-19(8-9-21(22)29-2)14-26-11-10-24-23(28)16-26/h3-9,12,20,27H,10-11,13-17H2,1-2H3,(H,24,28). The lowest BCUT2D eigenvalue weighted by atomic mass is 10.1. The number of rotatable bonds is 10. The molecule has 0 saturated carbocycles. The van der Waals surface area contributed by atoms with Gasteiger partial charge in [-0.1, -0.05) is 36.4 Å². The number of aliphatic hydroxyl groups is 1. The molecule has 1 unspecified atom stereocenters. The minimum atomic E-state index is -0.627. The van der Waals surface area contributed by atoms with E-state index in [9.17, 15) is 9.90 Å². The summed E-state index contributed by atoms with van der Waals surface area (Å²) in [6.45, 7) is 3.98. The highest BCUT2D eigenvalue weighted by Crippen LogP contribution is 2.29. The topological polar surface area (TPSA) is 74.3 Å². The number of piperazine rings is 1. The van der Waals surface area contributed by atoms with Gasteiger partial charge in [-0.25, -0.2) is 0 Å². The molecular formula is C23H31N3O4. The molecule has 1 saturated heterocycles. The molecule has 0 aromatic heterocycles. The Balaban J connectivity index is 1.53. The summed E-state index contributed by atoms with van der Waals surface area (Å²) >= 11 is 0. The normalized spacial score (nSPS) is 15.7. The highest BCUT2D eigenvalue weighted by molar-refractivity contribution is 5.78. The Bertz CT molecular complexity index is 815. The van der Waals surface area contributed by atoms with Crippen LogP contribution in [0.3, 0.4) is 0 Å². The van der Waals surface area contributed by atoms with Crippen LogP contribution in [0.4, 0.5) is 0 Å². The van der Waals surface area contributed by atoms with Gasteiger partial charge in [-0.15, -0.1) is 0 Å². The van der Waals surface area contributed by atoms with Gasteiger partial charge in [-0.05, 0) is 30.3 Å². The van der Waals surface area contributed by atoms with Gasteiger partial charge < -0.3 is 19.9 Å². The number of methoxy groups -OCH3 is 1. The fraction of sp³-hybridized carbons (Fsp3) is 0.435. The predicted octanol–water partition coefficient (Wildman–Crippen LogP) is 1.50. The van der Waals surface area contributed by atoms with E-state index in [0.29, 0.717) is 37.7 Å². The number of aliphatic hydroxyl groups excluding tert-OH is 1. The second-order valence-corrected chi connectivity index (χ2v) is 7.69. The van der Waals surface area contributed by atoms with Gasteiger partial charge in [-0.2, -0.15) is 0 Å². The van der Waals surface area contributed by atoms with E-state index in [1.807, 2.05) is 43.4 Å². The molecule has 0 bridgehead atoms. The van der Waals surface area contributed by atoms with E-state index in [0.717, 1.165) is 18.7 Å². The van der Waals surface area contributed by atoms with Crippen LogP contribution in [0.25, 0.3) is 0 Å². The Morgan fingerprint density at radius 3 is 2.70 bits per heavy atom. The van der Waals surface area contributed by atoms with Crippen molar-refractivity contribution in [1.29, 1.82) is 0 Å². The van der Waals surface area contributed by atoms with Crippen molar-refractivity contribution in [2.45, 2.75) is 19.2 Å². The van der Waals surface area contributed by atoms with Crippen LogP contribution in [0.5, 0.6) is 11.5 Å². The lowest BCUT2D eigenvalue weighted by molar-refractivity contribution is -0.124. The molecule has 7 heteroatoms. The molecule has 1 aliphatic heterocycles. The number of amides is 1. The van der Waals surface area contributed by atoms with E-state index >= 15 is 0 Å². The van der Waals surface area contributed by atoms with Gasteiger partial charge in [0.25, 0.3) is 0 Å². The smallest absolute Gasteiger partial charge is 0.234 e. The zero-order valence-corrected chi connectivity index (χ0v) is 17.7. The van der Waals surface area contributed by atoms with E-state index in [2.05, 4.69) is 27.2 Å². The van der Waals surface area contributed by atoms with Crippen molar-refractivity contribution in [2.24, 2.45) is 0 Å². The maximum absolute atomic E-state index is 11.6. The van der Waals surface area contributed by atoms with Crippen molar-refractivity contribution in [3.8, 4) is 11.5 Å². The number of hydrogen-bond donors (Lipinski definition) is 2. The van der Waals surface area contributed by atoms with Crippen LogP contribution in [0.15, 0.2) is 48.5 Å². The van der Waals surface area contributed by atoms with Crippen molar-refractivity contribution in [3.63, 3.8) is 0 Å². The Kier molecular flexibility index (Phi) is 8.07. The third kappa shape index (κ3) is 6.73. The van der Waals surface area contributed by atoms with Crippen molar-refractivity contribution >= 4 is 5.91 Å². The quantitative estimate of drug-likeness (QED) is 0.615. The Morgan fingerprint density at radius 2 is 1.97 bits per heavy atom. The van der Waals surface area contributed by atoms with Crippen LogP contribution < -0.4 is 14.8 Å². The molecule has 30 heavy (non-hydrogen) atoms. The SMILES string of the molecule is COc1ccc(CN2CCNC(=O)C2)cc1OCC(O)CN(C)Cc1ccccc1. The summed E-state index contributed by atoms with van der Waals surface area (Å²) in [5, 5.41) is 13.3. The number of nitrogens with zero attached hydrogens (tertiary/aromatic N) is 2. The number of nitrogens with one attached hydrogen (secondary N) is 1. The van der Waals surface area contributed by atoms with Gasteiger partial charge in [0, 0.05) is 32.7 Å². The van der Waals surface area contributed by atoms with E-state index in [-0.39, 0.29) is 12.5 Å². The van der Waals surface area contributed by atoms with E-state index in [1.165, 1.54) is 5.56 Å². The van der Waals surface area contributed by atoms with Crippen molar-refractivity contribution in [1.82, 2.24) is 15.1 Å². The summed E-state index contributed by atoms with van der Waals surface area (Å²) in [6.07, 6.45) is -0.627. The van der Waals surface area contributed by atoms with Gasteiger partial charge in [0.2, 0.25) is 5.91 Å². The van der Waals surface area contributed by atoms with Gasteiger partial charge in [0.05, 0.1) is 13.7 Å². The highest BCUT2D eigenvalue weighted by Gasteiger charge is 2.17. The Morgan fingerprint density at radius 1 is 1.17 bits per heavy atom. The van der Waals surface area contributed by atoms with Gasteiger partial charge >= 0.3 is 0 Å². The molecule has 1 aliphatic rings. The minimum Gasteiger partial charge on any atom is -0.493 e. The van der Waals surface area contributed by atoms with Crippen LogP contribution in [-0.4, -0.2) is 73.9 Å². The molecule has 1 atom stereocenters. The fourth-order valence-electron chi connectivity index (χ4n) is 3.57. The average Bonchev–Trinajstić information content (AvgIpc) is 2.73. The van der Waals surface area contributed by atoms with E-state index in [1.54, 1.807) is 7.11 Å². The number of carbonyl (C=O) groups excluding carboxylic acids is 1. The van der Waals surface area contributed by atoms with Gasteiger partial charge in [0.1, 0.15) is 12.7 Å². The van der Waals surface area contributed by atoms with E-state index < -0.39 is 6.10 Å². The molecule has 0 spiro atoms. The zero-order chi connectivity index (χ0) is 21.3. The Hall–Kier alpha value is -2.61. The Labute approximate surface area is 178 Å². The second-order valence-electron chi connectivity index (χ2n) is 7.69. The second kappa shape index (κ2) is 11.0. The molecule has 2 N–H and O–H groups in total. The number of carbonyl (C=O) groups is 1. The number of benzene rings is 2. The van der Waals surface area contributed by atoms with E-state index in [4.69, 9.17) is 9.47 Å². The molecule has 3 rings (SSSR count). The minimum absolute atomic E-state index is 0.0500. The monoisotopic (exact) mass is 413 g/mol. The van der Waals surface area contributed by atoms with Crippen LogP contribution in [0.2, 0.25) is 0 Å². The summed E-state index contributed by atoms with van der Waals surface area (Å²) in [4.78, 5) is 15.7. The molecule has 2 aromatic rings. The van der Waals surface area contributed by atoms with Gasteiger partial charge in [0.15, 0.2) is 11.5 Å². The first-order valence-corrected chi connectivity index (χ1v) is 10.2. The average molecular weight is 414 g/mol. The highest BCUT2D eigenvalue weighted by atomic mass is 16.5. The molecule has 2 aromatic carbocycles. The summed E-state index contributed by atoms with van der Waals surface area (Å²) < 4.78 is 11.3. The fourth-order valence-corrected chi connectivity index (χ4v) is 3.57. The molecule has 1 fully saturated rings. The maximum Gasteiger partial charge on any atom is 0.234 e. The van der Waals surface area contributed by atoms with Crippen molar-refractivity contribution in [2.75, 3.05) is 46.9 Å². The van der Waals surface area contributed by atoms with Crippen LogP contribution >= 0.6 is 0 Å². The number of hydrogen-bond acceptors (Lipinski definition) is 6. The lowest BCUT2D eigenvalue weighted by Gasteiger charge is -2.26. The first-order chi connectivity index (χ1) is 14.5. The summed E-state index contributed by atoms with van der Waals surface area (Å²) in [5.74, 6) is 1.27. The van der Waals surface area contributed by atoms with Crippen molar-refractivity contribution in [3.05, 3.63) is 59.7 Å². The molecule has 0 aliphatic carbocycles. The number of likely N-dealkylation sites (N-methyl/N-ethyl adjacent to an activating group) is 1. The predicted molar refractivity (Wildman–Crippen MR) is 116 cm³/mol. The van der Waals surface area contributed by atoms with Crippen LogP contribution in [0, 0.1) is 0 Å². The molecule has 7 nitrogen and oxygen atoms in total. The molecular weight excluding hydrogens is 382 g/mol. The van der Waals surface area contributed by atoms with Gasteiger partial charge in [-0.3, -0.25) is 14.6 Å². The lowest BCUT2D eigenvalue weighted by Crippen LogP contribution is -2.47. The third-order valence-corrected chi connectivity index (χ3v) is 5.00. The van der Waals surface area contributed by atoms with Crippen LogP contribution in [0.1, 0.15) is 11.1 Å². The summed E-state index contributed by atoms with van der Waals surface area (Å²) in [7, 11) is 3.58. The first kappa shape index (κ1) is 22.1. The molecule has 1 heterocycles. The van der Waals surface area contributed by atoms with Crippen molar-refractivity contribution < 1.29 is 19.4 Å². The maximum atomic E-state index is 11.6. The summed E-state index contributed by atoms with van der Waals surface area (Å²) in [5.41, 5.74) is 2.24. The zero-order valence-electron chi connectivity index (χ0n) is 17.7. The largest absolute Gasteiger partial charge is 0.493 e. The number of ether oxygens (including phenoxy) is 2. The first-order valence-electron chi connectivity index (χ1n) is 10.2. The summed E-state index contributed by atoms with van der Waals surface area (Å²) in [6, 6.07) is 15.9. The third-order valence-electron chi connectivity index (χ3n) is 5.00. The van der Waals surface area contributed by atoms with Crippen LogP contribution in [-0.2, 0) is 17.9 Å². The molecule has 1 amide bonds. The molecule has 0 radical (unpaired) electrons.